The number of hydrogen-bond donors (Lipinski definition) is 1. The molecule has 6 nitrogen and oxygen atoms in total. The van der Waals surface area contributed by atoms with Crippen molar-refractivity contribution in [1.82, 2.24) is 0 Å². The van der Waals surface area contributed by atoms with Gasteiger partial charge in [-0.05, 0) is 12.5 Å². The summed E-state index contributed by atoms with van der Waals surface area (Å²) in [5.41, 5.74) is -0.849. The molecule has 1 aromatic rings. The zero-order valence-electron chi connectivity index (χ0n) is 16.5. The van der Waals surface area contributed by atoms with E-state index in [0.717, 1.165) is 5.56 Å². The molecule has 4 unspecified atom stereocenters. The van der Waals surface area contributed by atoms with Crippen LogP contribution in [-0.2, 0) is 23.9 Å². The number of allylic oxidation sites excluding steroid dienone is 1. The van der Waals surface area contributed by atoms with Crippen LogP contribution in [0.25, 0.3) is 6.08 Å². The summed E-state index contributed by atoms with van der Waals surface area (Å²) in [7, 11) is 0. The number of ether oxygens (including phenoxy) is 2. The summed E-state index contributed by atoms with van der Waals surface area (Å²) in [5, 5.41) is 10.9. The second kappa shape index (κ2) is 9.98. The molecule has 1 aliphatic carbocycles. The van der Waals surface area contributed by atoms with Gasteiger partial charge in [-0.2, -0.15) is 0 Å². The highest BCUT2D eigenvalue weighted by molar-refractivity contribution is 6.02. The van der Waals surface area contributed by atoms with Crippen molar-refractivity contribution in [3.8, 4) is 0 Å². The fourth-order valence-corrected chi connectivity index (χ4v) is 3.56. The Labute approximate surface area is 170 Å². The highest BCUT2D eigenvalue weighted by Crippen LogP contribution is 2.42. The molecule has 4 atom stereocenters. The van der Waals surface area contributed by atoms with Gasteiger partial charge in [-0.25, -0.2) is 0 Å². The van der Waals surface area contributed by atoms with Gasteiger partial charge in [0.2, 0.25) is 0 Å². The van der Waals surface area contributed by atoms with E-state index < -0.39 is 41.1 Å². The van der Waals surface area contributed by atoms with Gasteiger partial charge in [0, 0.05) is 12.3 Å². The van der Waals surface area contributed by atoms with Crippen LogP contribution in [0.15, 0.2) is 61.7 Å². The van der Waals surface area contributed by atoms with Crippen LogP contribution in [-0.4, -0.2) is 41.6 Å². The molecule has 1 aliphatic rings. The van der Waals surface area contributed by atoms with Crippen LogP contribution in [0.4, 0.5) is 0 Å². The van der Waals surface area contributed by atoms with Crippen LogP contribution in [0.2, 0.25) is 0 Å². The first-order valence-electron chi connectivity index (χ1n) is 9.35. The molecule has 2 rings (SSSR count). The maximum absolute atomic E-state index is 12.7. The van der Waals surface area contributed by atoms with Crippen molar-refractivity contribution in [2.45, 2.75) is 18.9 Å². The van der Waals surface area contributed by atoms with Gasteiger partial charge in [-0.1, -0.05) is 67.8 Å². The summed E-state index contributed by atoms with van der Waals surface area (Å²) in [6.45, 7) is 8.30. The SMILES string of the molecule is C=CCOC(=O)C1C(=O)CC(C)(O)C(C(=O)OCC=C)C1C=Cc1ccccc1. The second-order valence-corrected chi connectivity index (χ2v) is 7.14. The van der Waals surface area contributed by atoms with Crippen molar-refractivity contribution >= 4 is 23.8 Å². The predicted octanol–water partition coefficient (Wildman–Crippen LogP) is 2.73. The molecule has 1 saturated carbocycles. The highest BCUT2D eigenvalue weighted by Gasteiger charge is 2.55. The molecule has 0 aromatic heterocycles. The van der Waals surface area contributed by atoms with E-state index in [1.807, 2.05) is 30.3 Å². The lowest BCUT2D eigenvalue weighted by molar-refractivity contribution is -0.174. The Morgan fingerprint density at radius 3 is 2.31 bits per heavy atom. The zero-order chi connectivity index (χ0) is 21.4. The third-order valence-corrected chi connectivity index (χ3v) is 4.82. The van der Waals surface area contributed by atoms with Crippen LogP contribution in [0.5, 0.6) is 0 Å². The maximum Gasteiger partial charge on any atom is 0.317 e. The summed E-state index contributed by atoms with van der Waals surface area (Å²) >= 11 is 0. The fraction of sp³-hybridized carbons (Fsp3) is 0.348. The molecular formula is C23H26O6. The van der Waals surface area contributed by atoms with E-state index >= 15 is 0 Å². The normalized spacial score (nSPS) is 26.7. The molecule has 0 heterocycles. The Hall–Kier alpha value is -2.99. The van der Waals surface area contributed by atoms with E-state index in [1.165, 1.54) is 19.1 Å². The summed E-state index contributed by atoms with van der Waals surface area (Å²) < 4.78 is 10.3. The Bertz CT molecular complexity index is 793. The Balaban J connectivity index is 2.46. The van der Waals surface area contributed by atoms with Gasteiger partial charge in [-0.15, -0.1) is 0 Å². The summed E-state index contributed by atoms with van der Waals surface area (Å²) in [6.07, 6.45) is 5.75. The first-order valence-corrected chi connectivity index (χ1v) is 9.35. The third-order valence-electron chi connectivity index (χ3n) is 4.82. The quantitative estimate of drug-likeness (QED) is 0.411. The largest absolute Gasteiger partial charge is 0.461 e. The molecule has 0 spiro atoms. The van der Waals surface area contributed by atoms with Gasteiger partial charge in [0.05, 0.1) is 11.5 Å². The van der Waals surface area contributed by atoms with Gasteiger partial charge >= 0.3 is 11.9 Å². The number of aliphatic hydroxyl groups is 1. The van der Waals surface area contributed by atoms with Crippen molar-refractivity contribution in [2.24, 2.45) is 17.8 Å². The summed E-state index contributed by atoms with van der Waals surface area (Å²) in [5.74, 6) is -5.22. The van der Waals surface area contributed by atoms with Gasteiger partial charge in [0.25, 0.3) is 0 Å². The van der Waals surface area contributed by atoms with Gasteiger partial charge < -0.3 is 14.6 Å². The molecule has 0 radical (unpaired) electrons. The van der Waals surface area contributed by atoms with Crippen LogP contribution >= 0.6 is 0 Å². The average Bonchev–Trinajstić information content (AvgIpc) is 2.68. The third kappa shape index (κ3) is 5.51. The zero-order valence-corrected chi connectivity index (χ0v) is 16.5. The van der Waals surface area contributed by atoms with Crippen molar-refractivity contribution in [1.29, 1.82) is 0 Å². The first kappa shape index (κ1) is 22.3. The second-order valence-electron chi connectivity index (χ2n) is 7.14. The van der Waals surface area contributed by atoms with E-state index in [2.05, 4.69) is 13.2 Å². The molecule has 0 amide bonds. The Morgan fingerprint density at radius 2 is 1.72 bits per heavy atom. The predicted molar refractivity (Wildman–Crippen MR) is 109 cm³/mol. The fourth-order valence-electron chi connectivity index (χ4n) is 3.56. The molecule has 1 N–H and O–H groups in total. The average molecular weight is 398 g/mol. The number of carbonyl (C=O) groups is 3. The van der Waals surface area contributed by atoms with Crippen LogP contribution in [0, 0.1) is 17.8 Å². The Kier molecular flexibility index (Phi) is 7.67. The van der Waals surface area contributed by atoms with E-state index in [-0.39, 0.29) is 19.6 Å². The standard InChI is InChI=1S/C23H26O6/c1-4-13-28-21(25)19-17(12-11-16-9-7-6-8-10-16)20(22(26)29-14-5-2)23(3,27)15-18(19)24/h4-12,17,19-20,27H,1-2,13-15H2,3H3. The minimum absolute atomic E-state index is 0.0416. The molecule has 6 heteroatoms. The molecule has 1 fully saturated rings. The molecule has 29 heavy (non-hydrogen) atoms. The number of ketones is 1. The molecule has 1 aromatic carbocycles. The van der Waals surface area contributed by atoms with Crippen molar-refractivity contribution in [3.63, 3.8) is 0 Å². The highest BCUT2D eigenvalue weighted by atomic mass is 16.5. The van der Waals surface area contributed by atoms with E-state index in [1.54, 1.807) is 12.2 Å². The molecular weight excluding hydrogens is 372 g/mol. The lowest BCUT2D eigenvalue weighted by Crippen LogP contribution is -2.56. The first-order chi connectivity index (χ1) is 13.8. The van der Waals surface area contributed by atoms with Crippen molar-refractivity contribution < 1.29 is 29.0 Å². The number of Topliss-reactive ketones (excluding diaryl/α,β-unsaturated/α-hetero) is 1. The minimum Gasteiger partial charge on any atom is -0.461 e. The van der Waals surface area contributed by atoms with Gasteiger partial charge in [0.15, 0.2) is 5.78 Å². The smallest absolute Gasteiger partial charge is 0.317 e. The van der Waals surface area contributed by atoms with Crippen molar-refractivity contribution in [3.05, 3.63) is 67.3 Å². The summed E-state index contributed by atoms with van der Waals surface area (Å²) in [4.78, 5) is 38.1. The number of rotatable bonds is 8. The monoisotopic (exact) mass is 398 g/mol. The van der Waals surface area contributed by atoms with Crippen LogP contribution in [0.1, 0.15) is 18.9 Å². The van der Waals surface area contributed by atoms with Crippen molar-refractivity contribution in [2.75, 3.05) is 13.2 Å². The van der Waals surface area contributed by atoms with Gasteiger partial charge in [0.1, 0.15) is 19.1 Å². The number of benzene rings is 1. The molecule has 0 aliphatic heterocycles. The van der Waals surface area contributed by atoms with Gasteiger partial charge in [-0.3, -0.25) is 14.4 Å². The number of carbonyl (C=O) groups excluding carboxylic acids is 3. The lowest BCUT2D eigenvalue weighted by Gasteiger charge is -2.42. The van der Waals surface area contributed by atoms with E-state index in [9.17, 15) is 19.5 Å². The molecule has 0 saturated heterocycles. The van der Waals surface area contributed by atoms with E-state index in [0.29, 0.717) is 0 Å². The topological polar surface area (TPSA) is 89.9 Å². The van der Waals surface area contributed by atoms with E-state index in [4.69, 9.17) is 9.47 Å². The minimum atomic E-state index is -1.67. The molecule has 0 bridgehead atoms. The Morgan fingerprint density at radius 1 is 1.14 bits per heavy atom. The number of esters is 2. The van der Waals surface area contributed by atoms with Crippen LogP contribution < -0.4 is 0 Å². The number of hydrogen-bond acceptors (Lipinski definition) is 6. The maximum atomic E-state index is 12.7. The van der Waals surface area contributed by atoms with Crippen LogP contribution in [0.3, 0.4) is 0 Å². The summed E-state index contributed by atoms with van der Waals surface area (Å²) in [6, 6.07) is 9.23. The molecule has 154 valence electrons. The lowest BCUT2D eigenvalue weighted by atomic mass is 9.63.